The predicted octanol–water partition coefficient (Wildman–Crippen LogP) is 7.99. The molecule has 0 aliphatic carbocycles. The normalized spacial score (nSPS) is 11.1. The molecule has 0 spiro atoms. The minimum atomic E-state index is 1.12. The maximum Gasteiger partial charge on any atom is 0.0553 e. The lowest BCUT2D eigenvalue weighted by molar-refractivity contribution is 0.853. The van der Waals surface area contributed by atoms with Crippen LogP contribution in [-0.4, -0.2) is 10.9 Å². The summed E-state index contributed by atoms with van der Waals surface area (Å²) in [4.78, 5) is 0. The molecule has 0 aliphatic rings. The summed E-state index contributed by atoms with van der Waals surface area (Å²) in [5.41, 5.74) is 6.04. The number of aryl methyl sites for hydroxylation is 1. The van der Waals surface area contributed by atoms with Crippen LogP contribution in [0, 0.1) is 13.8 Å². The molecule has 0 saturated heterocycles. The van der Waals surface area contributed by atoms with Crippen molar-refractivity contribution in [1.82, 2.24) is 4.68 Å². The quantitative estimate of drug-likeness (QED) is 0.214. The molecule has 0 aliphatic heterocycles. The third-order valence-electron chi connectivity index (χ3n) is 5.66. The lowest BCUT2D eigenvalue weighted by atomic mass is 9.89. The Balaban J connectivity index is 0.00000112. The molecule has 0 saturated carbocycles. The maximum absolute atomic E-state index is 4.65. The Morgan fingerprint density at radius 2 is 1.35 bits per heavy atom. The molecule has 2 nitrogen and oxygen atoms in total. The van der Waals surface area contributed by atoms with E-state index in [1.54, 1.807) is 0 Å². The molecular weight excluding hydrogens is 376 g/mol. The number of fused-ring (bicyclic) bond motifs is 2. The molecule has 1 heterocycles. The molecule has 4 aromatic carbocycles. The predicted molar refractivity (Wildman–Crippen MR) is 135 cm³/mol. The van der Waals surface area contributed by atoms with Gasteiger partial charge in [-0.25, -0.2) is 4.68 Å². The van der Waals surface area contributed by atoms with E-state index in [4.69, 9.17) is 0 Å². The van der Waals surface area contributed by atoms with Gasteiger partial charge in [-0.3, -0.25) is 0 Å². The topological polar surface area (TPSA) is 17.3 Å². The van der Waals surface area contributed by atoms with Gasteiger partial charge < -0.3 is 0 Å². The van der Waals surface area contributed by atoms with Gasteiger partial charge in [0.15, 0.2) is 0 Å². The minimum Gasteiger partial charge on any atom is -0.245 e. The summed E-state index contributed by atoms with van der Waals surface area (Å²) in [5, 5.41) is 9.74. The summed E-state index contributed by atoms with van der Waals surface area (Å²) in [6.07, 6.45) is 3.93. The van der Waals surface area contributed by atoms with E-state index in [1.165, 1.54) is 38.2 Å². The monoisotopic (exact) mass is 404 g/mol. The molecule has 0 fully saturated rings. The van der Waals surface area contributed by atoms with E-state index in [1.807, 2.05) is 37.0 Å². The first-order valence-corrected chi connectivity index (χ1v) is 10.9. The third kappa shape index (κ3) is 3.89. The second-order valence-corrected chi connectivity index (χ2v) is 7.45. The molecule has 1 aromatic heterocycles. The summed E-state index contributed by atoms with van der Waals surface area (Å²) in [6.45, 7) is 8.25. The lowest BCUT2D eigenvalue weighted by Crippen LogP contribution is -1.96. The molecule has 0 unspecified atom stereocenters. The fourth-order valence-corrected chi connectivity index (χ4v) is 4.08. The highest BCUT2D eigenvalue weighted by atomic mass is 15.3. The number of hydrogen-bond acceptors (Lipinski definition) is 1. The Labute approximate surface area is 184 Å². The van der Waals surface area contributed by atoms with E-state index >= 15 is 0 Å². The highest BCUT2D eigenvalue weighted by molar-refractivity contribution is 6.13. The van der Waals surface area contributed by atoms with Crippen LogP contribution in [0.25, 0.3) is 32.7 Å². The van der Waals surface area contributed by atoms with Crippen LogP contribution in [0.3, 0.4) is 0 Å². The molecule has 0 bridgehead atoms. The van der Waals surface area contributed by atoms with E-state index in [0.29, 0.717) is 0 Å². The summed E-state index contributed by atoms with van der Waals surface area (Å²) >= 11 is 0. The van der Waals surface area contributed by atoms with Gasteiger partial charge in [-0.2, -0.15) is 5.10 Å². The first-order valence-electron chi connectivity index (χ1n) is 10.9. The third-order valence-corrected chi connectivity index (χ3v) is 5.66. The van der Waals surface area contributed by atoms with Gasteiger partial charge >= 0.3 is 0 Å². The Kier molecular flexibility index (Phi) is 5.99. The van der Waals surface area contributed by atoms with E-state index in [9.17, 15) is 0 Å². The van der Waals surface area contributed by atoms with Crippen molar-refractivity contribution in [2.75, 3.05) is 0 Å². The van der Waals surface area contributed by atoms with Crippen LogP contribution in [-0.2, 0) is 0 Å². The van der Waals surface area contributed by atoms with Crippen LogP contribution in [0.5, 0.6) is 0 Å². The number of nitrogens with zero attached hydrogens (tertiary/aromatic N) is 2. The van der Waals surface area contributed by atoms with Crippen LogP contribution < -0.4 is 0 Å². The van der Waals surface area contributed by atoms with Crippen molar-refractivity contribution in [3.8, 4) is 11.1 Å². The number of hydrogen-bond donors (Lipinski definition) is 0. The van der Waals surface area contributed by atoms with E-state index in [0.717, 1.165) is 11.3 Å². The standard InChI is InChI=1S/C27H22N2.C2H6/c1-19-9-8-16-29(19)28-18-23-12-7-15-24(20(23)2)27-25-13-5-3-10-21(25)17-22-11-4-6-14-26(22)27;1-2/h3-18H,1-2H3;1-2H3/b28-18+;. The van der Waals surface area contributed by atoms with Crippen molar-refractivity contribution >= 4 is 27.8 Å². The van der Waals surface area contributed by atoms with Crippen LogP contribution in [0.2, 0.25) is 0 Å². The van der Waals surface area contributed by atoms with Gasteiger partial charge in [-0.15, -0.1) is 0 Å². The Morgan fingerprint density at radius 3 is 1.97 bits per heavy atom. The first-order chi connectivity index (χ1) is 15.2. The summed E-state index contributed by atoms with van der Waals surface area (Å²) in [7, 11) is 0. The van der Waals surface area contributed by atoms with Gasteiger partial charge in [-0.1, -0.05) is 80.6 Å². The van der Waals surface area contributed by atoms with Gasteiger partial charge in [0.25, 0.3) is 0 Å². The SMILES string of the molecule is CC.Cc1c(/C=N/n2cccc2C)cccc1-c1c2ccccc2cc2ccccc12. The summed E-state index contributed by atoms with van der Waals surface area (Å²) in [6, 6.07) is 30.1. The zero-order valence-corrected chi connectivity index (χ0v) is 18.6. The fourth-order valence-electron chi connectivity index (χ4n) is 4.08. The van der Waals surface area contributed by atoms with E-state index in [-0.39, 0.29) is 0 Å². The minimum absolute atomic E-state index is 1.12. The van der Waals surface area contributed by atoms with Gasteiger partial charge in [0, 0.05) is 11.9 Å². The smallest absolute Gasteiger partial charge is 0.0553 e. The largest absolute Gasteiger partial charge is 0.245 e. The van der Waals surface area contributed by atoms with Crippen molar-refractivity contribution < 1.29 is 0 Å². The van der Waals surface area contributed by atoms with Gasteiger partial charge in [0.1, 0.15) is 0 Å². The average Bonchev–Trinajstić information content (AvgIpc) is 3.23. The van der Waals surface area contributed by atoms with Gasteiger partial charge in [0.2, 0.25) is 0 Å². The highest BCUT2D eigenvalue weighted by Gasteiger charge is 2.13. The molecule has 0 radical (unpaired) electrons. The Bertz CT molecular complexity index is 1320. The Morgan fingerprint density at radius 1 is 0.710 bits per heavy atom. The lowest BCUT2D eigenvalue weighted by Gasteiger charge is -2.15. The van der Waals surface area contributed by atoms with Crippen LogP contribution in [0.4, 0.5) is 0 Å². The van der Waals surface area contributed by atoms with E-state index < -0.39 is 0 Å². The fraction of sp³-hybridized carbons (Fsp3) is 0.138. The number of aromatic nitrogens is 1. The first kappa shape index (κ1) is 20.6. The van der Waals surface area contributed by atoms with Crippen LogP contribution in [0.1, 0.15) is 30.7 Å². The molecule has 0 amide bonds. The number of rotatable bonds is 3. The molecule has 154 valence electrons. The number of benzene rings is 4. The summed E-state index contributed by atoms with van der Waals surface area (Å²) in [5.74, 6) is 0. The van der Waals surface area contributed by atoms with Crippen molar-refractivity contribution in [3.05, 3.63) is 108 Å². The molecule has 5 aromatic rings. The second kappa shape index (κ2) is 9.01. The maximum atomic E-state index is 4.65. The molecule has 5 rings (SSSR count). The zero-order chi connectivity index (χ0) is 21.8. The second-order valence-electron chi connectivity index (χ2n) is 7.45. The van der Waals surface area contributed by atoms with Crippen molar-refractivity contribution in [3.63, 3.8) is 0 Å². The van der Waals surface area contributed by atoms with Crippen LogP contribution in [0.15, 0.2) is 96.2 Å². The van der Waals surface area contributed by atoms with Gasteiger partial charge in [0.05, 0.1) is 6.21 Å². The van der Waals surface area contributed by atoms with Crippen LogP contribution >= 0.6 is 0 Å². The van der Waals surface area contributed by atoms with E-state index in [2.05, 4.69) is 97.8 Å². The molecule has 0 N–H and O–H groups in total. The van der Waals surface area contributed by atoms with Crippen molar-refractivity contribution in [1.29, 1.82) is 0 Å². The van der Waals surface area contributed by atoms with Crippen molar-refractivity contribution in [2.24, 2.45) is 5.10 Å². The molecule has 31 heavy (non-hydrogen) atoms. The highest BCUT2D eigenvalue weighted by Crippen LogP contribution is 2.38. The average molecular weight is 405 g/mol. The Hall–Kier alpha value is -3.65. The summed E-state index contributed by atoms with van der Waals surface area (Å²) < 4.78 is 1.90. The molecule has 2 heteroatoms. The van der Waals surface area contributed by atoms with Crippen molar-refractivity contribution in [2.45, 2.75) is 27.7 Å². The zero-order valence-electron chi connectivity index (χ0n) is 18.6. The van der Waals surface area contributed by atoms with Gasteiger partial charge in [-0.05, 0) is 75.8 Å². The molecule has 0 atom stereocenters. The molecular formula is C29H28N2.